The van der Waals surface area contributed by atoms with Gasteiger partial charge < -0.3 is 19.9 Å². The van der Waals surface area contributed by atoms with Gasteiger partial charge in [-0.05, 0) is 42.2 Å². The minimum Gasteiger partial charge on any atom is -0.497 e. The van der Waals surface area contributed by atoms with Crippen LogP contribution in [0.2, 0.25) is 0 Å². The van der Waals surface area contributed by atoms with Crippen LogP contribution >= 0.6 is 0 Å². The first-order valence-corrected chi connectivity index (χ1v) is 9.95. The lowest BCUT2D eigenvalue weighted by Gasteiger charge is -2.12. The number of methoxy groups -OCH3 is 1. The van der Waals surface area contributed by atoms with Crippen molar-refractivity contribution in [3.05, 3.63) is 83.9 Å². The molecular formula is C23H29N5O. The summed E-state index contributed by atoms with van der Waals surface area (Å²) in [4.78, 5) is 8.83. The molecule has 0 radical (unpaired) electrons. The molecule has 3 rings (SSSR count). The molecule has 2 N–H and O–H groups in total. The standard InChI is InChI=1S/C23H29N5O/c1-3-25-23(26-12-11-19-7-9-22(29-2)10-8-19)27-16-20-5-4-6-21(15-20)17-28-14-13-24-18-28/h4-10,13-15,18H,3,11-12,16-17H2,1-2H3,(H2,25,26,27). The minimum absolute atomic E-state index is 0.635. The van der Waals surface area contributed by atoms with Gasteiger partial charge in [-0.2, -0.15) is 0 Å². The Hall–Kier alpha value is -3.28. The molecule has 6 nitrogen and oxygen atoms in total. The fraction of sp³-hybridized carbons (Fsp3) is 0.304. The lowest BCUT2D eigenvalue weighted by molar-refractivity contribution is 0.414. The molecule has 0 bridgehead atoms. The lowest BCUT2D eigenvalue weighted by atomic mass is 10.1. The molecule has 0 aliphatic heterocycles. The largest absolute Gasteiger partial charge is 0.497 e. The second-order valence-electron chi connectivity index (χ2n) is 6.77. The Balaban J connectivity index is 1.54. The van der Waals surface area contributed by atoms with Crippen LogP contribution in [-0.2, 0) is 19.5 Å². The summed E-state index contributed by atoms with van der Waals surface area (Å²) in [6.45, 7) is 5.17. The van der Waals surface area contributed by atoms with Crippen LogP contribution in [0.4, 0.5) is 0 Å². The van der Waals surface area contributed by atoms with Crippen molar-refractivity contribution in [1.29, 1.82) is 0 Å². The van der Waals surface area contributed by atoms with Gasteiger partial charge in [-0.15, -0.1) is 0 Å². The Morgan fingerprint density at radius 3 is 2.62 bits per heavy atom. The third-order valence-corrected chi connectivity index (χ3v) is 4.54. The number of imidazole rings is 1. The van der Waals surface area contributed by atoms with E-state index in [-0.39, 0.29) is 0 Å². The Labute approximate surface area is 172 Å². The number of guanidine groups is 1. The first-order valence-electron chi connectivity index (χ1n) is 9.95. The van der Waals surface area contributed by atoms with E-state index < -0.39 is 0 Å². The van der Waals surface area contributed by atoms with Gasteiger partial charge in [0, 0.05) is 32.0 Å². The van der Waals surface area contributed by atoms with Gasteiger partial charge in [0.05, 0.1) is 20.0 Å². The predicted molar refractivity (Wildman–Crippen MR) is 117 cm³/mol. The summed E-state index contributed by atoms with van der Waals surface area (Å²) < 4.78 is 7.27. The van der Waals surface area contributed by atoms with Crippen LogP contribution < -0.4 is 15.4 Å². The molecule has 0 atom stereocenters. The van der Waals surface area contributed by atoms with E-state index in [1.54, 1.807) is 13.3 Å². The molecule has 0 spiro atoms. The summed E-state index contributed by atoms with van der Waals surface area (Å²) in [5.41, 5.74) is 3.70. The van der Waals surface area contributed by atoms with Crippen LogP contribution in [0.1, 0.15) is 23.6 Å². The molecule has 1 heterocycles. The highest BCUT2D eigenvalue weighted by Gasteiger charge is 2.01. The fourth-order valence-electron chi connectivity index (χ4n) is 3.05. The smallest absolute Gasteiger partial charge is 0.191 e. The van der Waals surface area contributed by atoms with E-state index in [9.17, 15) is 0 Å². The molecule has 0 unspecified atom stereocenters. The third-order valence-electron chi connectivity index (χ3n) is 4.54. The number of aromatic nitrogens is 2. The first kappa shape index (κ1) is 20.5. The van der Waals surface area contributed by atoms with E-state index in [1.807, 2.05) is 24.7 Å². The van der Waals surface area contributed by atoms with Crippen molar-refractivity contribution in [2.75, 3.05) is 20.2 Å². The van der Waals surface area contributed by atoms with E-state index in [4.69, 9.17) is 9.73 Å². The van der Waals surface area contributed by atoms with Crippen molar-refractivity contribution in [2.24, 2.45) is 4.99 Å². The highest BCUT2D eigenvalue weighted by atomic mass is 16.5. The number of nitrogens with zero attached hydrogens (tertiary/aromatic N) is 3. The highest BCUT2D eigenvalue weighted by Crippen LogP contribution is 2.11. The van der Waals surface area contributed by atoms with E-state index in [0.29, 0.717) is 6.54 Å². The topological polar surface area (TPSA) is 63.5 Å². The number of hydrogen-bond donors (Lipinski definition) is 2. The molecule has 0 amide bonds. The maximum absolute atomic E-state index is 5.21. The molecule has 2 aromatic carbocycles. The zero-order valence-corrected chi connectivity index (χ0v) is 17.1. The molecule has 0 aliphatic carbocycles. The van der Waals surface area contributed by atoms with E-state index >= 15 is 0 Å². The summed E-state index contributed by atoms with van der Waals surface area (Å²) >= 11 is 0. The van der Waals surface area contributed by atoms with Crippen LogP contribution in [0.3, 0.4) is 0 Å². The van der Waals surface area contributed by atoms with Crippen molar-refractivity contribution in [1.82, 2.24) is 20.2 Å². The second-order valence-corrected chi connectivity index (χ2v) is 6.77. The van der Waals surface area contributed by atoms with Crippen LogP contribution in [0, 0.1) is 0 Å². The van der Waals surface area contributed by atoms with Gasteiger partial charge in [0.2, 0.25) is 0 Å². The summed E-state index contributed by atoms with van der Waals surface area (Å²) in [5.74, 6) is 1.72. The highest BCUT2D eigenvalue weighted by molar-refractivity contribution is 5.79. The SMILES string of the molecule is CCNC(=NCc1cccc(Cn2ccnc2)c1)NCCc1ccc(OC)cc1. The molecule has 0 saturated carbocycles. The predicted octanol–water partition coefficient (Wildman–Crippen LogP) is 3.24. The molecular weight excluding hydrogens is 362 g/mol. The number of nitrogens with one attached hydrogen (secondary N) is 2. The Morgan fingerprint density at radius 1 is 1.07 bits per heavy atom. The Kier molecular flexibility index (Phi) is 7.69. The monoisotopic (exact) mass is 391 g/mol. The second kappa shape index (κ2) is 10.9. The Bertz CT molecular complexity index is 888. The van der Waals surface area contributed by atoms with Crippen LogP contribution in [0.5, 0.6) is 5.75 Å². The van der Waals surface area contributed by atoms with Crippen LogP contribution in [0.25, 0.3) is 0 Å². The van der Waals surface area contributed by atoms with Crippen LogP contribution in [0.15, 0.2) is 72.2 Å². The number of ether oxygens (including phenoxy) is 1. The zero-order valence-electron chi connectivity index (χ0n) is 17.1. The third kappa shape index (κ3) is 6.68. The molecule has 0 saturated heterocycles. The number of hydrogen-bond acceptors (Lipinski definition) is 3. The number of rotatable bonds is 9. The van der Waals surface area contributed by atoms with Crippen LogP contribution in [-0.4, -0.2) is 35.7 Å². The van der Waals surface area contributed by atoms with Gasteiger partial charge in [-0.3, -0.25) is 0 Å². The molecule has 0 aliphatic rings. The molecule has 6 heteroatoms. The van der Waals surface area contributed by atoms with Gasteiger partial charge >= 0.3 is 0 Å². The summed E-state index contributed by atoms with van der Waals surface area (Å²) in [6, 6.07) is 16.7. The average molecular weight is 392 g/mol. The molecule has 29 heavy (non-hydrogen) atoms. The molecule has 152 valence electrons. The van der Waals surface area contributed by atoms with Crippen molar-refractivity contribution < 1.29 is 4.74 Å². The summed E-state index contributed by atoms with van der Waals surface area (Å²) in [7, 11) is 1.68. The first-order chi connectivity index (χ1) is 14.3. The fourth-order valence-corrected chi connectivity index (χ4v) is 3.05. The normalized spacial score (nSPS) is 11.3. The molecule has 3 aromatic rings. The van der Waals surface area contributed by atoms with Gasteiger partial charge in [0.25, 0.3) is 0 Å². The molecule has 0 fully saturated rings. The van der Waals surface area contributed by atoms with Gasteiger partial charge in [0.15, 0.2) is 5.96 Å². The number of benzene rings is 2. The van der Waals surface area contributed by atoms with Gasteiger partial charge in [-0.25, -0.2) is 9.98 Å². The maximum Gasteiger partial charge on any atom is 0.191 e. The number of aliphatic imine (C=N–C) groups is 1. The van der Waals surface area contributed by atoms with Crippen molar-refractivity contribution in [2.45, 2.75) is 26.4 Å². The average Bonchev–Trinajstić information content (AvgIpc) is 3.26. The van der Waals surface area contributed by atoms with Gasteiger partial charge in [-0.1, -0.05) is 36.4 Å². The van der Waals surface area contributed by atoms with E-state index in [2.05, 4.69) is 63.5 Å². The molecule has 1 aromatic heterocycles. The van der Waals surface area contributed by atoms with Crippen molar-refractivity contribution in [3.8, 4) is 5.75 Å². The quantitative estimate of drug-likeness (QED) is 0.434. The zero-order chi connectivity index (χ0) is 20.3. The van der Waals surface area contributed by atoms with Crippen molar-refractivity contribution in [3.63, 3.8) is 0 Å². The van der Waals surface area contributed by atoms with Gasteiger partial charge in [0.1, 0.15) is 5.75 Å². The maximum atomic E-state index is 5.21. The van der Waals surface area contributed by atoms with Crippen molar-refractivity contribution >= 4 is 5.96 Å². The summed E-state index contributed by atoms with van der Waals surface area (Å²) in [6.07, 6.45) is 6.53. The van der Waals surface area contributed by atoms with E-state index in [1.165, 1.54) is 16.7 Å². The minimum atomic E-state index is 0.635. The Morgan fingerprint density at radius 2 is 1.90 bits per heavy atom. The lowest BCUT2D eigenvalue weighted by Crippen LogP contribution is -2.38. The summed E-state index contributed by atoms with van der Waals surface area (Å²) in [5, 5.41) is 6.73. The van der Waals surface area contributed by atoms with E-state index in [0.717, 1.165) is 37.8 Å².